The van der Waals surface area contributed by atoms with Crippen LogP contribution < -0.4 is 10.6 Å². The summed E-state index contributed by atoms with van der Waals surface area (Å²) in [5.41, 5.74) is 4.97. The smallest absolute Gasteiger partial charge is 0.254 e. The van der Waals surface area contributed by atoms with Crippen molar-refractivity contribution in [3.05, 3.63) is 52.9 Å². The summed E-state index contributed by atoms with van der Waals surface area (Å²) in [7, 11) is 0. The SMILES string of the molecule is O=C(c1cccc(NC2=CNC(O)C3=C2CCCC3)c1)N1CCN(CC2CC2)CC1. The highest BCUT2D eigenvalue weighted by atomic mass is 16.3. The Hall–Kier alpha value is -2.31. The highest BCUT2D eigenvalue weighted by Crippen LogP contribution is 2.34. The number of carbonyl (C=O) groups is 1. The third kappa shape index (κ3) is 4.25. The van der Waals surface area contributed by atoms with Gasteiger partial charge in [0.1, 0.15) is 6.23 Å². The van der Waals surface area contributed by atoms with Gasteiger partial charge in [-0.2, -0.15) is 0 Å². The normalized spacial score (nSPS) is 24.8. The fraction of sp³-hybridized carbons (Fsp3) is 0.542. The summed E-state index contributed by atoms with van der Waals surface area (Å²) in [5, 5.41) is 16.8. The average molecular weight is 409 g/mol. The summed E-state index contributed by atoms with van der Waals surface area (Å²) < 4.78 is 0. The number of piperazine rings is 1. The topological polar surface area (TPSA) is 67.8 Å². The first-order valence-corrected chi connectivity index (χ1v) is 11.4. The molecule has 1 saturated heterocycles. The molecule has 1 amide bonds. The van der Waals surface area contributed by atoms with E-state index < -0.39 is 6.23 Å². The van der Waals surface area contributed by atoms with Crippen LogP contribution in [0.3, 0.4) is 0 Å². The van der Waals surface area contributed by atoms with Crippen molar-refractivity contribution in [2.75, 3.05) is 38.0 Å². The Morgan fingerprint density at radius 3 is 2.73 bits per heavy atom. The molecule has 0 spiro atoms. The Morgan fingerprint density at radius 2 is 1.93 bits per heavy atom. The van der Waals surface area contributed by atoms with Crippen LogP contribution in [0.15, 0.2) is 47.3 Å². The molecule has 1 aromatic carbocycles. The zero-order valence-corrected chi connectivity index (χ0v) is 17.6. The van der Waals surface area contributed by atoms with Crippen LogP contribution in [0.2, 0.25) is 0 Å². The summed E-state index contributed by atoms with van der Waals surface area (Å²) in [6.07, 6.45) is 8.24. The number of amides is 1. The van der Waals surface area contributed by atoms with Crippen LogP contribution in [0.5, 0.6) is 0 Å². The fourth-order valence-corrected chi connectivity index (χ4v) is 4.87. The highest BCUT2D eigenvalue weighted by Gasteiger charge is 2.28. The maximum Gasteiger partial charge on any atom is 0.254 e. The zero-order valence-electron chi connectivity index (χ0n) is 17.6. The van der Waals surface area contributed by atoms with Crippen molar-refractivity contribution in [2.24, 2.45) is 5.92 Å². The molecule has 1 saturated carbocycles. The molecule has 160 valence electrons. The molecule has 2 fully saturated rings. The van der Waals surface area contributed by atoms with Gasteiger partial charge in [-0.25, -0.2) is 0 Å². The van der Waals surface area contributed by atoms with Crippen molar-refractivity contribution in [3.63, 3.8) is 0 Å². The van der Waals surface area contributed by atoms with Gasteiger partial charge in [0, 0.05) is 50.2 Å². The van der Waals surface area contributed by atoms with E-state index in [2.05, 4.69) is 15.5 Å². The van der Waals surface area contributed by atoms with E-state index in [0.717, 1.165) is 80.3 Å². The zero-order chi connectivity index (χ0) is 20.5. The van der Waals surface area contributed by atoms with Crippen molar-refractivity contribution in [1.82, 2.24) is 15.1 Å². The van der Waals surface area contributed by atoms with Crippen LogP contribution >= 0.6 is 0 Å². The number of rotatable bonds is 5. The van der Waals surface area contributed by atoms with Crippen LogP contribution in [-0.4, -0.2) is 59.8 Å². The van der Waals surface area contributed by atoms with E-state index in [-0.39, 0.29) is 5.91 Å². The molecule has 5 rings (SSSR count). The van der Waals surface area contributed by atoms with Gasteiger partial charge >= 0.3 is 0 Å². The van der Waals surface area contributed by atoms with Crippen LogP contribution in [0.1, 0.15) is 48.9 Å². The van der Waals surface area contributed by atoms with Crippen LogP contribution in [0.4, 0.5) is 5.69 Å². The molecular formula is C24H32N4O2. The molecule has 4 aliphatic rings. The Balaban J connectivity index is 1.24. The van der Waals surface area contributed by atoms with Gasteiger partial charge in [-0.1, -0.05) is 6.07 Å². The van der Waals surface area contributed by atoms with Gasteiger partial charge in [0.25, 0.3) is 5.91 Å². The second-order valence-corrected chi connectivity index (χ2v) is 9.08. The van der Waals surface area contributed by atoms with Gasteiger partial charge in [-0.15, -0.1) is 0 Å². The van der Waals surface area contributed by atoms with E-state index >= 15 is 0 Å². The van der Waals surface area contributed by atoms with Gasteiger partial charge < -0.3 is 20.6 Å². The van der Waals surface area contributed by atoms with Gasteiger partial charge in [0.05, 0.1) is 5.70 Å². The van der Waals surface area contributed by atoms with Crippen LogP contribution in [-0.2, 0) is 0 Å². The molecule has 6 nitrogen and oxygen atoms in total. The van der Waals surface area contributed by atoms with Crippen molar-refractivity contribution in [1.29, 1.82) is 0 Å². The molecular weight excluding hydrogens is 376 g/mol. The second kappa shape index (κ2) is 8.44. The Kier molecular flexibility index (Phi) is 5.52. The molecule has 0 bridgehead atoms. The lowest BCUT2D eigenvalue weighted by Gasteiger charge is -2.35. The molecule has 0 radical (unpaired) electrons. The molecule has 0 aromatic heterocycles. The van der Waals surface area contributed by atoms with Crippen molar-refractivity contribution >= 4 is 11.6 Å². The minimum absolute atomic E-state index is 0.119. The largest absolute Gasteiger partial charge is 0.370 e. The number of allylic oxidation sites excluding steroid dienone is 1. The summed E-state index contributed by atoms with van der Waals surface area (Å²) in [4.78, 5) is 17.6. The predicted octanol–water partition coefficient (Wildman–Crippen LogP) is 2.90. The summed E-state index contributed by atoms with van der Waals surface area (Å²) in [6, 6.07) is 7.81. The minimum Gasteiger partial charge on any atom is -0.370 e. The van der Waals surface area contributed by atoms with E-state index in [9.17, 15) is 9.90 Å². The third-order valence-electron chi connectivity index (χ3n) is 6.81. The number of aliphatic hydroxyl groups is 1. The standard InChI is InChI=1S/C24H32N4O2/c29-23-21-7-2-1-6-20(21)22(15-25-23)26-19-5-3-4-18(14-19)24(30)28-12-10-27(11-13-28)16-17-8-9-17/h3-5,14-15,17,23,25-26,29H,1-2,6-13,16H2. The van der Waals surface area contributed by atoms with E-state index in [1.54, 1.807) is 0 Å². The molecule has 1 unspecified atom stereocenters. The van der Waals surface area contributed by atoms with Crippen LogP contribution in [0, 0.1) is 5.92 Å². The summed E-state index contributed by atoms with van der Waals surface area (Å²) in [6.45, 7) is 4.80. The lowest BCUT2D eigenvalue weighted by Crippen LogP contribution is -2.49. The maximum atomic E-state index is 13.1. The van der Waals surface area contributed by atoms with E-state index in [0.29, 0.717) is 0 Å². The summed E-state index contributed by atoms with van der Waals surface area (Å²) in [5.74, 6) is 1.02. The fourth-order valence-electron chi connectivity index (χ4n) is 4.87. The molecule has 30 heavy (non-hydrogen) atoms. The maximum absolute atomic E-state index is 13.1. The number of carbonyl (C=O) groups excluding carboxylic acids is 1. The van der Waals surface area contributed by atoms with Crippen molar-refractivity contribution in [2.45, 2.75) is 44.8 Å². The third-order valence-corrected chi connectivity index (χ3v) is 6.81. The van der Waals surface area contributed by atoms with E-state index in [1.165, 1.54) is 25.0 Å². The number of nitrogens with one attached hydrogen (secondary N) is 2. The average Bonchev–Trinajstić information content (AvgIpc) is 3.60. The summed E-state index contributed by atoms with van der Waals surface area (Å²) >= 11 is 0. The van der Waals surface area contributed by atoms with Gasteiger partial charge in [-0.05, 0) is 73.8 Å². The lowest BCUT2D eigenvalue weighted by atomic mass is 9.87. The first-order chi connectivity index (χ1) is 14.7. The molecule has 2 heterocycles. The first-order valence-electron chi connectivity index (χ1n) is 11.4. The Labute approximate surface area is 178 Å². The number of hydrogen-bond acceptors (Lipinski definition) is 5. The predicted molar refractivity (Wildman–Crippen MR) is 118 cm³/mol. The Morgan fingerprint density at radius 1 is 1.13 bits per heavy atom. The number of nitrogens with zero attached hydrogens (tertiary/aromatic N) is 2. The minimum atomic E-state index is -0.572. The molecule has 1 atom stereocenters. The van der Waals surface area contributed by atoms with Crippen molar-refractivity contribution < 1.29 is 9.90 Å². The van der Waals surface area contributed by atoms with Crippen LogP contribution in [0.25, 0.3) is 0 Å². The van der Waals surface area contributed by atoms with E-state index in [4.69, 9.17) is 0 Å². The lowest BCUT2D eigenvalue weighted by molar-refractivity contribution is 0.0632. The molecule has 3 N–H and O–H groups in total. The second-order valence-electron chi connectivity index (χ2n) is 9.08. The quantitative estimate of drug-likeness (QED) is 0.699. The van der Waals surface area contributed by atoms with Gasteiger partial charge in [0.2, 0.25) is 0 Å². The van der Waals surface area contributed by atoms with E-state index in [1.807, 2.05) is 35.4 Å². The molecule has 6 heteroatoms. The first kappa shape index (κ1) is 19.6. The molecule has 2 aliphatic heterocycles. The number of aliphatic hydroxyl groups excluding tert-OH is 1. The monoisotopic (exact) mass is 408 g/mol. The Bertz CT molecular complexity index is 866. The van der Waals surface area contributed by atoms with Gasteiger partial charge in [0.15, 0.2) is 0 Å². The molecule has 1 aromatic rings. The number of hydrogen-bond donors (Lipinski definition) is 3. The number of dihydropyridines is 1. The number of benzene rings is 1. The number of anilines is 1. The molecule has 2 aliphatic carbocycles. The van der Waals surface area contributed by atoms with Gasteiger partial charge in [-0.3, -0.25) is 9.69 Å². The highest BCUT2D eigenvalue weighted by molar-refractivity contribution is 5.95. The van der Waals surface area contributed by atoms with Crippen molar-refractivity contribution in [3.8, 4) is 0 Å².